The fraction of sp³-hybridized carbons (Fsp3) is 0.696. The lowest BCUT2D eigenvalue weighted by Gasteiger charge is -2.59. The van der Waals surface area contributed by atoms with E-state index in [0.717, 1.165) is 24.8 Å². The minimum atomic E-state index is -1.15. The van der Waals surface area contributed by atoms with Crippen molar-refractivity contribution in [2.45, 2.75) is 71.5 Å². The lowest BCUT2D eigenvalue weighted by Crippen LogP contribution is -2.62. The van der Waals surface area contributed by atoms with Crippen molar-refractivity contribution in [1.29, 1.82) is 0 Å². The Bertz CT molecular complexity index is 810. The quantitative estimate of drug-likeness (QED) is 0.738. The van der Waals surface area contributed by atoms with Gasteiger partial charge in [0, 0.05) is 23.7 Å². The van der Waals surface area contributed by atoms with E-state index in [4.69, 9.17) is 4.74 Å². The lowest BCUT2D eigenvalue weighted by molar-refractivity contribution is -0.196. The fourth-order valence-electron chi connectivity index (χ4n) is 7.38. The van der Waals surface area contributed by atoms with Crippen LogP contribution in [0, 0.1) is 28.6 Å². The van der Waals surface area contributed by atoms with E-state index in [1.807, 2.05) is 13.0 Å². The first-order chi connectivity index (χ1) is 13.0. The molecule has 152 valence electrons. The summed E-state index contributed by atoms with van der Waals surface area (Å²) in [6, 6.07) is 0. The number of rotatable bonds is 2. The summed E-state index contributed by atoms with van der Waals surface area (Å²) in [6.07, 6.45) is 8.20. The predicted molar refractivity (Wildman–Crippen MR) is 103 cm³/mol. The first-order valence-electron chi connectivity index (χ1n) is 10.4. The first-order valence-corrected chi connectivity index (χ1v) is 10.4. The summed E-state index contributed by atoms with van der Waals surface area (Å²) in [7, 11) is 0. The van der Waals surface area contributed by atoms with Crippen LogP contribution in [0.25, 0.3) is 0 Å². The van der Waals surface area contributed by atoms with Gasteiger partial charge < -0.3 is 9.84 Å². The maximum Gasteiger partial charge on any atom is 0.303 e. The number of fused-ring (bicyclic) bond motifs is 5. The lowest BCUT2D eigenvalue weighted by atomic mass is 9.46. The molecule has 0 aromatic carbocycles. The molecule has 0 amide bonds. The molecule has 1 N–H and O–H groups in total. The topological polar surface area (TPSA) is 80.7 Å². The summed E-state index contributed by atoms with van der Waals surface area (Å²) in [6.45, 7) is 7.02. The fourth-order valence-corrected chi connectivity index (χ4v) is 7.38. The van der Waals surface area contributed by atoms with Crippen molar-refractivity contribution in [1.82, 2.24) is 0 Å². The van der Waals surface area contributed by atoms with Gasteiger partial charge in [0.1, 0.15) is 0 Å². The zero-order valence-corrected chi connectivity index (χ0v) is 17.2. The summed E-state index contributed by atoms with van der Waals surface area (Å²) >= 11 is 0. The van der Waals surface area contributed by atoms with E-state index in [0.29, 0.717) is 12.8 Å². The molecule has 0 radical (unpaired) electrons. The number of aliphatic hydroxyl groups excluding tert-OH is 1. The first kappa shape index (κ1) is 19.6. The molecule has 0 bridgehead atoms. The van der Waals surface area contributed by atoms with Gasteiger partial charge in [-0.05, 0) is 63.0 Å². The molecule has 7 atom stereocenters. The maximum absolute atomic E-state index is 12.7. The van der Waals surface area contributed by atoms with Crippen LogP contribution in [0.15, 0.2) is 23.8 Å². The third kappa shape index (κ3) is 2.38. The molecule has 0 aromatic heterocycles. The number of carbonyl (C=O) groups excluding carboxylic acids is 3. The molecule has 3 fully saturated rings. The minimum absolute atomic E-state index is 0.00927. The van der Waals surface area contributed by atoms with Crippen molar-refractivity contribution in [3.63, 3.8) is 0 Å². The van der Waals surface area contributed by atoms with E-state index in [1.165, 1.54) is 13.8 Å². The van der Waals surface area contributed by atoms with Gasteiger partial charge in [-0.15, -0.1) is 0 Å². The van der Waals surface area contributed by atoms with Crippen LogP contribution < -0.4 is 0 Å². The summed E-state index contributed by atoms with van der Waals surface area (Å²) in [4.78, 5) is 36.5. The van der Waals surface area contributed by atoms with Crippen LogP contribution in [0.2, 0.25) is 0 Å². The standard InChI is InChI=1S/C23H30O5/c1-13(24)23(28-14(2)25)10-8-18-17-6-5-15-11-16(26)7-9-21(15,3)20(17)19(27)12-22(18,23)4/h7,9,11,17-20,27H,5-6,8,10,12H2,1-4H3/t17-,18-,19?,20+,21-,22-,23-/m0/s1. The van der Waals surface area contributed by atoms with Crippen LogP contribution in [0.4, 0.5) is 0 Å². The second kappa shape index (κ2) is 6.12. The highest BCUT2D eigenvalue weighted by Crippen LogP contribution is 2.67. The van der Waals surface area contributed by atoms with E-state index >= 15 is 0 Å². The van der Waals surface area contributed by atoms with Crippen LogP contribution in [0.5, 0.6) is 0 Å². The molecule has 0 saturated heterocycles. The van der Waals surface area contributed by atoms with Gasteiger partial charge >= 0.3 is 5.97 Å². The molecule has 28 heavy (non-hydrogen) atoms. The molecule has 5 heteroatoms. The molecule has 4 aliphatic rings. The van der Waals surface area contributed by atoms with E-state index in [-0.39, 0.29) is 34.7 Å². The SMILES string of the molecule is CC(=O)O[C@]1(C(C)=O)CC[C@H]2[C@@H]3CCC4=CC(=O)C=C[C@]4(C)[C@H]3C(O)C[C@@]21C. The van der Waals surface area contributed by atoms with Crippen molar-refractivity contribution in [2.75, 3.05) is 0 Å². The predicted octanol–water partition coefficient (Wildman–Crippen LogP) is 3.16. The molecule has 5 nitrogen and oxygen atoms in total. The van der Waals surface area contributed by atoms with Crippen LogP contribution in [-0.2, 0) is 19.1 Å². The average molecular weight is 386 g/mol. The molecule has 4 rings (SSSR count). The van der Waals surface area contributed by atoms with Crippen LogP contribution in [0.3, 0.4) is 0 Å². The molecular formula is C23H30O5. The van der Waals surface area contributed by atoms with E-state index < -0.39 is 23.1 Å². The number of ketones is 2. The van der Waals surface area contributed by atoms with Gasteiger partial charge in [-0.2, -0.15) is 0 Å². The summed E-state index contributed by atoms with van der Waals surface area (Å²) < 4.78 is 5.74. The highest BCUT2D eigenvalue weighted by atomic mass is 16.6. The van der Waals surface area contributed by atoms with Gasteiger partial charge in [-0.3, -0.25) is 14.4 Å². The number of carbonyl (C=O) groups is 3. The maximum atomic E-state index is 12.7. The van der Waals surface area contributed by atoms with Crippen LogP contribution in [-0.4, -0.2) is 34.3 Å². The van der Waals surface area contributed by atoms with E-state index in [1.54, 1.807) is 12.2 Å². The third-order valence-corrected chi connectivity index (χ3v) is 8.50. The zero-order valence-electron chi connectivity index (χ0n) is 17.2. The van der Waals surface area contributed by atoms with Gasteiger partial charge in [0.2, 0.25) is 0 Å². The monoisotopic (exact) mass is 386 g/mol. The molecule has 4 aliphatic carbocycles. The second-order valence-electron chi connectivity index (χ2n) is 9.73. The van der Waals surface area contributed by atoms with Crippen LogP contribution >= 0.6 is 0 Å². The zero-order chi connectivity index (χ0) is 20.5. The molecular weight excluding hydrogens is 356 g/mol. The Kier molecular flexibility index (Phi) is 4.28. The number of allylic oxidation sites excluding steroid dienone is 4. The van der Waals surface area contributed by atoms with Crippen molar-refractivity contribution >= 4 is 17.5 Å². The van der Waals surface area contributed by atoms with Crippen molar-refractivity contribution in [2.24, 2.45) is 28.6 Å². The number of hydrogen-bond acceptors (Lipinski definition) is 5. The Morgan fingerprint density at radius 2 is 1.93 bits per heavy atom. The Hall–Kier alpha value is -1.75. The Labute approximate surface area is 166 Å². The third-order valence-electron chi connectivity index (χ3n) is 8.50. The number of aliphatic hydroxyl groups is 1. The number of ether oxygens (including phenoxy) is 1. The largest absolute Gasteiger partial charge is 0.451 e. The smallest absolute Gasteiger partial charge is 0.303 e. The molecule has 0 heterocycles. The van der Waals surface area contributed by atoms with Crippen LogP contribution in [0.1, 0.15) is 59.8 Å². The normalized spacial score (nSPS) is 46.9. The average Bonchev–Trinajstić information content (AvgIpc) is 2.88. The minimum Gasteiger partial charge on any atom is -0.451 e. The van der Waals surface area contributed by atoms with Gasteiger partial charge in [0.25, 0.3) is 0 Å². The summed E-state index contributed by atoms with van der Waals surface area (Å²) in [5, 5.41) is 11.3. The second-order valence-corrected chi connectivity index (χ2v) is 9.73. The highest BCUT2D eigenvalue weighted by Gasteiger charge is 2.69. The van der Waals surface area contributed by atoms with Gasteiger partial charge in [-0.25, -0.2) is 0 Å². The van der Waals surface area contributed by atoms with Crippen molar-refractivity contribution < 1.29 is 24.2 Å². The molecule has 3 saturated carbocycles. The molecule has 0 aliphatic heterocycles. The molecule has 0 spiro atoms. The highest BCUT2D eigenvalue weighted by molar-refractivity contribution is 6.01. The van der Waals surface area contributed by atoms with Crippen molar-refractivity contribution in [3.8, 4) is 0 Å². The number of esters is 1. The number of Topliss-reactive ketones (excluding diaryl/α,β-unsaturated/α-hetero) is 1. The summed E-state index contributed by atoms with van der Waals surface area (Å²) in [5.41, 5.74) is -0.943. The van der Waals surface area contributed by atoms with Gasteiger partial charge in [-0.1, -0.05) is 25.5 Å². The molecule has 1 unspecified atom stereocenters. The number of hydrogen-bond donors (Lipinski definition) is 1. The Balaban J connectivity index is 1.77. The van der Waals surface area contributed by atoms with Crippen molar-refractivity contribution in [3.05, 3.63) is 23.8 Å². The Morgan fingerprint density at radius 3 is 2.57 bits per heavy atom. The summed E-state index contributed by atoms with van der Waals surface area (Å²) in [5.74, 6) is -0.103. The Morgan fingerprint density at radius 1 is 1.21 bits per heavy atom. The van der Waals surface area contributed by atoms with E-state index in [9.17, 15) is 19.5 Å². The van der Waals surface area contributed by atoms with Gasteiger partial charge in [0.05, 0.1) is 6.10 Å². The van der Waals surface area contributed by atoms with Gasteiger partial charge in [0.15, 0.2) is 17.2 Å². The van der Waals surface area contributed by atoms with E-state index in [2.05, 4.69) is 6.92 Å². The molecule has 0 aromatic rings.